The summed E-state index contributed by atoms with van der Waals surface area (Å²) in [6.45, 7) is 4.31. The Labute approximate surface area is 172 Å². The normalized spacial score (nSPS) is 25.0. The van der Waals surface area contributed by atoms with Crippen molar-refractivity contribution < 1.29 is 19.1 Å². The van der Waals surface area contributed by atoms with Gasteiger partial charge in [0.05, 0.1) is 11.2 Å². The number of carbonyl (C=O) groups excluding carboxylic acids is 2. The molecule has 0 saturated carbocycles. The molecule has 3 saturated heterocycles. The zero-order valence-corrected chi connectivity index (χ0v) is 17.0. The number of amides is 2. The van der Waals surface area contributed by atoms with E-state index in [-0.39, 0.29) is 17.4 Å². The fraction of sp³-hybridized carbons (Fsp3) is 0.682. The van der Waals surface area contributed by atoms with E-state index in [9.17, 15) is 9.59 Å². The second-order valence-electron chi connectivity index (χ2n) is 8.55. The fourth-order valence-corrected chi connectivity index (χ4v) is 4.83. The highest BCUT2D eigenvalue weighted by molar-refractivity contribution is 5.93. The number of nitrogens with zero attached hydrogens (tertiary/aromatic N) is 2. The first-order valence-corrected chi connectivity index (χ1v) is 10.8. The van der Waals surface area contributed by atoms with Crippen molar-refractivity contribution in [2.45, 2.75) is 44.1 Å². The lowest BCUT2D eigenvalue weighted by Gasteiger charge is -2.46. The smallest absolute Gasteiger partial charge is 0.252 e. The summed E-state index contributed by atoms with van der Waals surface area (Å²) in [7, 11) is 0. The second-order valence-corrected chi connectivity index (χ2v) is 8.55. The van der Waals surface area contributed by atoms with Gasteiger partial charge in [-0.3, -0.25) is 14.6 Å². The number of nitrogens with one attached hydrogen (secondary N) is 1. The van der Waals surface area contributed by atoms with Crippen molar-refractivity contribution in [3.8, 4) is 0 Å². The maximum Gasteiger partial charge on any atom is 0.252 e. The molecule has 1 spiro atoms. The molecule has 0 bridgehead atoms. The van der Waals surface area contributed by atoms with Crippen LogP contribution >= 0.6 is 0 Å². The van der Waals surface area contributed by atoms with Gasteiger partial charge in [-0.2, -0.15) is 0 Å². The first kappa shape index (κ1) is 20.3. The number of pyridine rings is 1. The average Bonchev–Trinajstić information content (AvgIpc) is 2.79. The van der Waals surface area contributed by atoms with Crippen molar-refractivity contribution in [1.29, 1.82) is 0 Å². The number of carbonyl (C=O) groups is 2. The van der Waals surface area contributed by atoms with E-state index in [1.54, 1.807) is 24.5 Å². The molecular weight excluding hydrogens is 370 g/mol. The van der Waals surface area contributed by atoms with Crippen LogP contribution in [0.15, 0.2) is 24.5 Å². The third kappa shape index (κ3) is 4.95. The molecule has 3 aliphatic heterocycles. The van der Waals surface area contributed by atoms with Gasteiger partial charge in [0.25, 0.3) is 5.91 Å². The van der Waals surface area contributed by atoms with Gasteiger partial charge in [-0.1, -0.05) is 0 Å². The van der Waals surface area contributed by atoms with Crippen molar-refractivity contribution in [2.24, 2.45) is 11.8 Å². The molecule has 0 aliphatic carbocycles. The van der Waals surface area contributed by atoms with Gasteiger partial charge in [-0.15, -0.1) is 0 Å². The van der Waals surface area contributed by atoms with Crippen LogP contribution in [0.3, 0.4) is 0 Å². The standard InChI is InChI=1S/C22H31N3O4/c26-20(19-2-1-8-23-16-19)24-15-17-3-13-29-22(14-17)6-9-25(10-7-22)21(27)18-4-11-28-12-5-18/h1-2,8,16-18H,3-7,9-15H2,(H,24,26). The van der Waals surface area contributed by atoms with Gasteiger partial charge < -0.3 is 19.7 Å². The van der Waals surface area contributed by atoms with E-state index in [2.05, 4.69) is 10.3 Å². The first-order valence-electron chi connectivity index (χ1n) is 10.8. The summed E-state index contributed by atoms with van der Waals surface area (Å²) < 4.78 is 11.6. The van der Waals surface area contributed by atoms with Crippen LogP contribution in [0.2, 0.25) is 0 Å². The summed E-state index contributed by atoms with van der Waals surface area (Å²) in [6.07, 6.45) is 8.61. The van der Waals surface area contributed by atoms with Crippen molar-refractivity contribution in [3.63, 3.8) is 0 Å². The molecule has 1 unspecified atom stereocenters. The third-order valence-corrected chi connectivity index (χ3v) is 6.63. The van der Waals surface area contributed by atoms with Crippen molar-refractivity contribution in [2.75, 3.05) is 39.5 Å². The van der Waals surface area contributed by atoms with Gasteiger partial charge in [0.1, 0.15) is 0 Å². The number of aromatic nitrogens is 1. The fourth-order valence-electron chi connectivity index (χ4n) is 4.83. The molecule has 2 amide bonds. The molecule has 1 aromatic heterocycles. The number of ether oxygens (including phenoxy) is 2. The minimum absolute atomic E-state index is 0.0736. The summed E-state index contributed by atoms with van der Waals surface area (Å²) in [5.74, 6) is 0.748. The summed E-state index contributed by atoms with van der Waals surface area (Å²) >= 11 is 0. The average molecular weight is 402 g/mol. The van der Waals surface area contributed by atoms with E-state index in [4.69, 9.17) is 9.47 Å². The highest BCUT2D eigenvalue weighted by Crippen LogP contribution is 2.38. The van der Waals surface area contributed by atoms with Gasteiger partial charge in [0.2, 0.25) is 5.91 Å². The Morgan fingerprint density at radius 1 is 1.17 bits per heavy atom. The Morgan fingerprint density at radius 2 is 1.97 bits per heavy atom. The molecule has 4 heterocycles. The lowest BCUT2D eigenvalue weighted by molar-refractivity contribution is -0.152. The molecule has 1 N–H and O–H groups in total. The van der Waals surface area contributed by atoms with E-state index in [0.717, 1.165) is 58.2 Å². The molecular formula is C22H31N3O4. The van der Waals surface area contributed by atoms with Crippen molar-refractivity contribution >= 4 is 11.8 Å². The molecule has 0 aromatic carbocycles. The molecule has 0 radical (unpaired) electrons. The van der Waals surface area contributed by atoms with Crippen LogP contribution in [0.25, 0.3) is 0 Å². The monoisotopic (exact) mass is 401 g/mol. The van der Waals surface area contributed by atoms with E-state index >= 15 is 0 Å². The Morgan fingerprint density at radius 3 is 2.69 bits per heavy atom. The predicted molar refractivity (Wildman–Crippen MR) is 107 cm³/mol. The number of hydrogen-bond donors (Lipinski definition) is 1. The summed E-state index contributed by atoms with van der Waals surface area (Å²) in [6, 6.07) is 3.55. The van der Waals surface area contributed by atoms with Crippen LogP contribution in [0, 0.1) is 11.8 Å². The van der Waals surface area contributed by atoms with E-state index in [1.165, 1.54) is 0 Å². The quantitative estimate of drug-likeness (QED) is 0.835. The summed E-state index contributed by atoms with van der Waals surface area (Å²) in [5, 5.41) is 3.05. The molecule has 158 valence electrons. The van der Waals surface area contributed by atoms with Crippen LogP contribution in [0.4, 0.5) is 0 Å². The maximum absolute atomic E-state index is 12.8. The highest BCUT2D eigenvalue weighted by atomic mass is 16.5. The van der Waals surface area contributed by atoms with E-state index < -0.39 is 0 Å². The number of piperidine rings is 1. The summed E-state index contributed by atoms with van der Waals surface area (Å²) in [4.78, 5) is 31.1. The van der Waals surface area contributed by atoms with Gasteiger partial charge in [-0.25, -0.2) is 0 Å². The largest absolute Gasteiger partial charge is 0.381 e. The van der Waals surface area contributed by atoms with Crippen LogP contribution in [0.5, 0.6) is 0 Å². The zero-order chi connectivity index (χ0) is 20.1. The summed E-state index contributed by atoms with van der Waals surface area (Å²) in [5.41, 5.74) is 0.447. The van der Waals surface area contributed by atoms with Crippen molar-refractivity contribution in [3.05, 3.63) is 30.1 Å². The Hall–Kier alpha value is -1.99. The Kier molecular flexibility index (Phi) is 6.45. The number of rotatable bonds is 4. The highest BCUT2D eigenvalue weighted by Gasteiger charge is 2.42. The molecule has 3 fully saturated rings. The van der Waals surface area contributed by atoms with Crippen LogP contribution < -0.4 is 5.32 Å². The van der Waals surface area contributed by atoms with Gasteiger partial charge in [-0.05, 0) is 56.6 Å². The van der Waals surface area contributed by atoms with E-state index in [1.807, 2.05) is 4.90 Å². The van der Waals surface area contributed by atoms with Gasteiger partial charge in [0, 0.05) is 57.8 Å². The molecule has 7 heteroatoms. The van der Waals surface area contributed by atoms with Gasteiger partial charge in [0.15, 0.2) is 0 Å². The Bertz CT molecular complexity index is 697. The Balaban J connectivity index is 1.26. The number of hydrogen-bond acceptors (Lipinski definition) is 5. The molecule has 1 aromatic rings. The maximum atomic E-state index is 12.8. The molecule has 7 nitrogen and oxygen atoms in total. The van der Waals surface area contributed by atoms with Crippen LogP contribution in [-0.4, -0.2) is 66.8 Å². The number of likely N-dealkylation sites (tertiary alicyclic amines) is 1. The zero-order valence-electron chi connectivity index (χ0n) is 17.0. The minimum atomic E-state index is -0.144. The second kappa shape index (κ2) is 9.22. The molecule has 4 rings (SSSR count). The lowest BCUT2D eigenvalue weighted by Crippen LogP contribution is -2.53. The molecule has 1 atom stereocenters. The third-order valence-electron chi connectivity index (χ3n) is 6.63. The predicted octanol–water partition coefficient (Wildman–Crippen LogP) is 2.03. The van der Waals surface area contributed by atoms with E-state index in [0.29, 0.717) is 37.1 Å². The first-order chi connectivity index (χ1) is 14.2. The van der Waals surface area contributed by atoms with Gasteiger partial charge >= 0.3 is 0 Å². The molecule has 29 heavy (non-hydrogen) atoms. The minimum Gasteiger partial charge on any atom is -0.381 e. The van der Waals surface area contributed by atoms with Crippen LogP contribution in [0.1, 0.15) is 48.9 Å². The lowest BCUT2D eigenvalue weighted by atomic mass is 9.79. The SMILES string of the molecule is O=C(NCC1CCOC2(CCN(C(=O)C3CCOCC3)CC2)C1)c1cccnc1. The molecule has 3 aliphatic rings. The van der Waals surface area contributed by atoms with Crippen LogP contribution in [-0.2, 0) is 14.3 Å². The van der Waals surface area contributed by atoms with Crippen molar-refractivity contribution in [1.82, 2.24) is 15.2 Å². The topological polar surface area (TPSA) is 80.8 Å².